The maximum atomic E-state index is 12.5. The van der Waals surface area contributed by atoms with Gasteiger partial charge < -0.3 is 19.5 Å². The van der Waals surface area contributed by atoms with Gasteiger partial charge in [0, 0.05) is 20.9 Å². The fraction of sp³-hybridized carbons (Fsp3) is 0.200. The molecule has 2 aromatic rings. The number of benzene rings is 2. The van der Waals surface area contributed by atoms with Crippen molar-refractivity contribution in [3.63, 3.8) is 0 Å². The second-order valence-corrected chi connectivity index (χ2v) is 6.56. The molecule has 0 fully saturated rings. The van der Waals surface area contributed by atoms with E-state index in [0.717, 1.165) is 3.57 Å². The highest BCUT2D eigenvalue weighted by molar-refractivity contribution is 14.1. The normalized spacial score (nSPS) is 10.7. The summed E-state index contributed by atoms with van der Waals surface area (Å²) in [7, 11) is 3.04. The van der Waals surface area contributed by atoms with Crippen molar-refractivity contribution in [2.75, 3.05) is 26.1 Å². The number of nitrogens with zero attached hydrogens (tertiary/aromatic N) is 1. The van der Waals surface area contributed by atoms with E-state index in [9.17, 15) is 10.1 Å². The molecule has 0 aliphatic rings. The van der Waals surface area contributed by atoms with Crippen molar-refractivity contribution >= 4 is 40.3 Å². The molecule has 1 N–H and O–H groups in total. The lowest BCUT2D eigenvalue weighted by molar-refractivity contribution is -0.112. The summed E-state index contributed by atoms with van der Waals surface area (Å²) in [5.74, 6) is 1.10. The first-order valence-corrected chi connectivity index (χ1v) is 9.17. The minimum absolute atomic E-state index is 0.0563. The molecular weight excluding hydrogens is 459 g/mol. The minimum Gasteiger partial charge on any atom is -0.494 e. The SMILES string of the molecule is CCOc1cccc(NC(=O)/C(C#N)=C\c2cc(I)cc(OC)c2OC)c1. The fourth-order valence-corrected chi connectivity index (χ4v) is 3.02. The smallest absolute Gasteiger partial charge is 0.266 e. The number of methoxy groups -OCH3 is 2. The van der Waals surface area contributed by atoms with Crippen molar-refractivity contribution in [1.82, 2.24) is 0 Å². The molecule has 0 saturated carbocycles. The van der Waals surface area contributed by atoms with E-state index >= 15 is 0 Å². The van der Waals surface area contributed by atoms with Crippen LogP contribution in [0.3, 0.4) is 0 Å². The Labute approximate surface area is 171 Å². The highest BCUT2D eigenvalue weighted by atomic mass is 127. The maximum absolute atomic E-state index is 12.5. The molecular formula is C20H19IN2O4. The van der Waals surface area contributed by atoms with Gasteiger partial charge in [0.25, 0.3) is 5.91 Å². The molecule has 1 amide bonds. The first kappa shape index (κ1) is 20.6. The van der Waals surface area contributed by atoms with Crippen LogP contribution in [0.15, 0.2) is 42.0 Å². The van der Waals surface area contributed by atoms with E-state index < -0.39 is 5.91 Å². The molecule has 2 rings (SSSR count). The molecule has 2 aromatic carbocycles. The van der Waals surface area contributed by atoms with Gasteiger partial charge in [0.05, 0.1) is 20.8 Å². The van der Waals surface area contributed by atoms with E-state index in [1.807, 2.05) is 25.1 Å². The lowest BCUT2D eigenvalue weighted by Crippen LogP contribution is -2.13. The number of carbonyl (C=O) groups excluding carboxylic acids is 1. The van der Waals surface area contributed by atoms with Crippen molar-refractivity contribution in [2.24, 2.45) is 0 Å². The van der Waals surface area contributed by atoms with Gasteiger partial charge >= 0.3 is 0 Å². The Hall–Kier alpha value is -2.73. The van der Waals surface area contributed by atoms with Crippen LogP contribution in [0, 0.1) is 14.9 Å². The number of hydrogen-bond donors (Lipinski definition) is 1. The van der Waals surface area contributed by atoms with Gasteiger partial charge in [-0.3, -0.25) is 4.79 Å². The Morgan fingerprint density at radius 2 is 2.04 bits per heavy atom. The Balaban J connectivity index is 2.34. The van der Waals surface area contributed by atoms with E-state index in [1.54, 1.807) is 24.3 Å². The minimum atomic E-state index is -0.522. The largest absolute Gasteiger partial charge is 0.494 e. The zero-order valence-electron chi connectivity index (χ0n) is 15.2. The number of amides is 1. The van der Waals surface area contributed by atoms with Gasteiger partial charge in [-0.2, -0.15) is 5.26 Å². The van der Waals surface area contributed by atoms with E-state index in [-0.39, 0.29) is 5.57 Å². The number of carbonyl (C=O) groups is 1. The van der Waals surface area contributed by atoms with Crippen molar-refractivity contribution < 1.29 is 19.0 Å². The zero-order chi connectivity index (χ0) is 19.8. The molecule has 27 heavy (non-hydrogen) atoms. The number of hydrogen-bond acceptors (Lipinski definition) is 5. The van der Waals surface area contributed by atoms with Crippen LogP contribution in [0.25, 0.3) is 6.08 Å². The van der Waals surface area contributed by atoms with Gasteiger partial charge in [-0.25, -0.2) is 0 Å². The third kappa shape index (κ3) is 5.37. The summed E-state index contributed by atoms with van der Waals surface area (Å²) in [6, 6.07) is 12.5. The Morgan fingerprint density at radius 3 is 2.67 bits per heavy atom. The van der Waals surface area contributed by atoms with Crippen molar-refractivity contribution in [3.8, 4) is 23.3 Å². The van der Waals surface area contributed by atoms with Crippen molar-refractivity contribution in [2.45, 2.75) is 6.92 Å². The molecule has 0 unspecified atom stereocenters. The number of ether oxygens (including phenoxy) is 3. The van der Waals surface area contributed by atoms with Crippen LogP contribution in [-0.2, 0) is 4.79 Å². The number of rotatable bonds is 7. The Bertz CT molecular complexity index is 903. The lowest BCUT2D eigenvalue weighted by atomic mass is 10.1. The molecule has 140 valence electrons. The molecule has 0 radical (unpaired) electrons. The third-order valence-electron chi connectivity index (χ3n) is 3.54. The zero-order valence-corrected chi connectivity index (χ0v) is 17.4. The van der Waals surface area contributed by atoms with Gasteiger partial charge in [0.1, 0.15) is 17.4 Å². The van der Waals surface area contributed by atoms with E-state index in [2.05, 4.69) is 27.9 Å². The summed E-state index contributed by atoms with van der Waals surface area (Å²) in [5.41, 5.74) is 1.06. The lowest BCUT2D eigenvalue weighted by Gasteiger charge is -2.12. The van der Waals surface area contributed by atoms with Crippen LogP contribution >= 0.6 is 22.6 Å². The summed E-state index contributed by atoms with van der Waals surface area (Å²) < 4.78 is 17.0. The molecule has 0 spiro atoms. The average molecular weight is 478 g/mol. The second kappa shape index (κ2) is 9.83. The van der Waals surface area contributed by atoms with Crippen LogP contribution in [0.4, 0.5) is 5.69 Å². The van der Waals surface area contributed by atoms with Gasteiger partial charge in [0.15, 0.2) is 11.5 Å². The van der Waals surface area contributed by atoms with E-state index in [1.165, 1.54) is 20.3 Å². The average Bonchev–Trinajstić information content (AvgIpc) is 2.66. The summed E-state index contributed by atoms with van der Waals surface area (Å²) in [6.45, 7) is 2.40. The first-order valence-electron chi connectivity index (χ1n) is 8.09. The number of halogens is 1. The van der Waals surface area contributed by atoms with E-state index in [4.69, 9.17) is 14.2 Å². The molecule has 6 nitrogen and oxygen atoms in total. The quantitative estimate of drug-likeness (QED) is 0.366. The number of anilines is 1. The van der Waals surface area contributed by atoms with Crippen LogP contribution in [0.5, 0.6) is 17.2 Å². The topological polar surface area (TPSA) is 80.6 Å². The van der Waals surface area contributed by atoms with Gasteiger partial charge in [-0.1, -0.05) is 6.07 Å². The highest BCUT2D eigenvalue weighted by Crippen LogP contribution is 2.34. The van der Waals surface area contributed by atoms with Crippen molar-refractivity contribution in [1.29, 1.82) is 5.26 Å². The standard InChI is InChI=1S/C20H19IN2O4/c1-4-27-17-7-5-6-16(11-17)23-20(24)14(12-22)8-13-9-15(21)10-18(25-2)19(13)26-3/h5-11H,4H2,1-3H3,(H,23,24)/b14-8-. The Morgan fingerprint density at radius 1 is 1.26 bits per heavy atom. The fourth-order valence-electron chi connectivity index (χ4n) is 2.40. The molecule has 0 heterocycles. The van der Waals surface area contributed by atoms with Crippen LogP contribution in [0.1, 0.15) is 12.5 Å². The molecule has 0 aliphatic carbocycles. The molecule has 0 bridgehead atoms. The molecule has 0 aromatic heterocycles. The summed E-state index contributed by atoms with van der Waals surface area (Å²) in [5, 5.41) is 12.2. The maximum Gasteiger partial charge on any atom is 0.266 e. The Kier molecular flexibility index (Phi) is 7.49. The highest BCUT2D eigenvalue weighted by Gasteiger charge is 2.15. The summed E-state index contributed by atoms with van der Waals surface area (Å²) in [4.78, 5) is 12.5. The first-order chi connectivity index (χ1) is 13.0. The van der Waals surface area contributed by atoms with Gasteiger partial charge in [-0.15, -0.1) is 0 Å². The molecule has 0 saturated heterocycles. The van der Waals surface area contributed by atoms with E-state index in [0.29, 0.717) is 35.1 Å². The van der Waals surface area contributed by atoms with Gasteiger partial charge in [-0.05, 0) is 59.9 Å². The third-order valence-corrected chi connectivity index (χ3v) is 4.16. The predicted molar refractivity (Wildman–Crippen MR) is 112 cm³/mol. The summed E-state index contributed by atoms with van der Waals surface area (Å²) >= 11 is 2.13. The van der Waals surface area contributed by atoms with Crippen molar-refractivity contribution in [3.05, 3.63) is 51.1 Å². The number of nitriles is 1. The second-order valence-electron chi connectivity index (χ2n) is 5.32. The predicted octanol–water partition coefficient (Wildman–Crippen LogP) is 4.25. The molecule has 0 atom stereocenters. The van der Waals surface area contributed by atoms with Gasteiger partial charge in [0.2, 0.25) is 0 Å². The van der Waals surface area contributed by atoms with Crippen LogP contribution in [0.2, 0.25) is 0 Å². The summed E-state index contributed by atoms with van der Waals surface area (Å²) in [6.07, 6.45) is 1.48. The molecule has 0 aliphatic heterocycles. The number of nitrogens with one attached hydrogen (secondary N) is 1. The van der Waals surface area contributed by atoms with Crippen LogP contribution in [-0.4, -0.2) is 26.7 Å². The van der Waals surface area contributed by atoms with Crippen LogP contribution < -0.4 is 19.5 Å². The monoisotopic (exact) mass is 478 g/mol. The molecule has 7 heteroatoms.